The quantitative estimate of drug-likeness (QED) is 0.0222. The lowest BCUT2D eigenvalue weighted by molar-refractivity contribution is -0.161. The van der Waals surface area contributed by atoms with Gasteiger partial charge in [-0.05, 0) is 25.7 Å². The third kappa shape index (κ3) is 58.8. The minimum Gasteiger partial charge on any atom is -0.462 e. The highest BCUT2D eigenvalue weighted by atomic mass is 31.2. The molecule has 19 heteroatoms. The van der Waals surface area contributed by atoms with Crippen molar-refractivity contribution in [2.45, 2.75) is 348 Å². The van der Waals surface area contributed by atoms with Crippen LogP contribution in [0.4, 0.5) is 0 Å². The van der Waals surface area contributed by atoms with Gasteiger partial charge in [-0.3, -0.25) is 37.3 Å². The lowest BCUT2D eigenvalue weighted by Crippen LogP contribution is -2.30. The Morgan fingerprint density at radius 1 is 0.289 bits per heavy atom. The molecule has 5 atom stereocenters. The summed E-state index contributed by atoms with van der Waals surface area (Å²) in [6, 6.07) is 0. The molecule has 0 aliphatic heterocycles. The molecule has 2 unspecified atom stereocenters. The molecular weight excluding hydrogens is 1100 g/mol. The number of aliphatic hydroxyl groups is 1. The summed E-state index contributed by atoms with van der Waals surface area (Å²) in [5.74, 6) is -2.14. The van der Waals surface area contributed by atoms with Crippen LogP contribution in [-0.4, -0.2) is 96.7 Å². The summed E-state index contributed by atoms with van der Waals surface area (Å²) in [5.41, 5.74) is 0. The average Bonchev–Trinajstić information content (AvgIpc) is 3.47. The van der Waals surface area contributed by atoms with Crippen molar-refractivity contribution in [3.05, 3.63) is 0 Å². The zero-order valence-corrected chi connectivity index (χ0v) is 54.9. The number of esters is 4. The zero-order chi connectivity index (χ0) is 61.2. The highest BCUT2D eigenvalue weighted by molar-refractivity contribution is 7.47. The number of hydrogen-bond donors (Lipinski definition) is 3. The van der Waals surface area contributed by atoms with E-state index >= 15 is 0 Å². The zero-order valence-electron chi connectivity index (χ0n) is 53.2. The predicted octanol–water partition coefficient (Wildman–Crippen LogP) is 17.9. The van der Waals surface area contributed by atoms with Gasteiger partial charge in [-0.1, -0.05) is 278 Å². The average molecular weight is 1230 g/mol. The van der Waals surface area contributed by atoms with E-state index < -0.39 is 97.5 Å². The van der Waals surface area contributed by atoms with Gasteiger partial charge >= 0.3 is 39.5 Å². The monoisotopic (exact) mass is 1230 g/mol. The summed E-state index contributed by atoms with van der Waals surface area (Å²) < 4.78 is 67.8. The first-order valence-electron chi connectivity index (χ1n) is 33.8. The number of unbranched alkanes of at least 4 members (excludes halogenated alkanes) is 39. The van der Waals surface area contributed by atoms with Gasteiger partial charge in [0.05, 0.1) is 26.4 Å². The highest BCUT2D eigenvalue weighted by Gasteiger charge is 2.30. The number of carbonyl (C=O) groups is 4. The first-order chi connectivity index (χ1) is 40.2. The molecule has 0 rings (SSSR count). The normalized spacial score (nSPS) is 14.2. The summed E-state index contributed by atoms with van der Waals surface area (Å²) >= 11 is 0. The van der Waals surface area contributed by atoms with Gasteiger partial charge in [0, 0.05) is 25.7 Å². The maximum atomic E-state index is 13.0. The SMILES string of the molecule is CCCCCCCCCCCCCCCCCCCCC(=O)O[C@H](COC(=O)CCCCCCCCCCC)COP(=O)(O)OC[C@@H](O)COP(=O)(O)OC[C@@H](COC(=O)CCCCCCCCCC)OC(=O)CCCCCCCCCC. The predicted molar refractivity (Wildman–Crippen MR) is 331 cm³/mol. The van der Waals surface area contributed by atoms with Gasteiger partial charge in [-0.15, -0.1) is 0 Å². The van der Waals surface area contributed by atoms with Crippen LogP contribution in [0.15, 0.2) is 0 Å². The molecule has 83 heavy (non-hydrogen) atoms. The second kappa shape index (κ2) is 59.0. The van der Waals surface area contributed by atoms with Crippen molar-refractivity contribution in [2.24, 2.45) is 0 Å². The smallest absolute Gasteiger partial charge is 0.462 e. The number of ether oxygens (including phenoxy) is 4. The van der Waals surface area contributed by atoms with Gasteiger partial charge < -0.3 is 33.8 Å². The van der Waals surface area contributed by atoms with Crippen molar-refractivity contribution < 1.29 is 80.2 Å². The second-order valence-electron chi connectivity index (χ2n) is 23.2. The fourth-order valence-electron chi connectivity index (χ4n) is 9.63. The Morgan fingerprint density at radius 3 is 0.711 bits per heavy atom. The summed E-state index contributed by atoms with van der Waals surface area (Å²) in [5, 5.41) is 10.5. The van der Waals surface area contributed by atoms with E-state index in [2.05, 4.69) is 27.7 Å². The van der Waals surface area contributed by atoms with E-state index in [1.54, 1.807) is 0 Å². The fourth-order valence-corrected chi connectivity index (χ4v) is 11.2. The van der Waals surface area contributed by atoms with E-state index in [0.29, 0.717) is 25.7 Å². The molecule has 0 fully saturated rings. The minimum atomic E-state index is -4.94. The number of rotatable bonds is 65. The topological polar surface area (TPSA) is 237 Å². The maximum Gasteiger partial charge on any atom is 0.472 e. The van der Waals surface area contributed by atoms with Crippen molar-refractivity contribution in [3.8, 4) is 0 Å². The number of aliphatic hydroxyl groups excluding tert-OH is 1. The fraction of sp³-hybridized carbons (Fsp3) is 0.938. The Bertz CT molecular complexity index is 1600. The number of hydrogen-bond acceptors (Lipinski definition) is 15. The molecule has 0 aromatic carbocycles. The largest absolute Gasteiger partial charge is 0.472 e. The summed E-state index contributed by atoms with van der Waals surface area (Å²) in [4.78, 5) is 72.0. The van der Waals surface area contributed by atoms with Gasteiger partial charge in [0.2, 0.25) is 0 Å². The van der Waals surface area contributed by atoms with Crippen molar-refractivity contribution in [1.29, 1.82) is 0 Å². The Morgan fingerprint density at radius 2 is 0.482 bits per heavy atom. The van der Waals surface area contributed by atoms with Crippen LogP contribution in [0, 0.1) is 0 Å². The maximum absolute atomic E-state index is 13.0. The lowest BCUT2D eigenvalue weighted by Gasteiger charge is -2.21. The summed E-state index contributed by atoms with van der Waals surface area (Å²) in [7, 11) is -9.88. The van der Waals surface area contributed by atoms with Crippen LogP contribution in [0.5, 0.6) is 0 Å². The minimum absolute atomic E-state index is 0.105. The van der Waals surface area contributed by atoms with E-state index in [9.17, 15) is 43.2 Å². The van der Waals surface area contributed by atoms with Crippen molar-refractivity contribution in [3.63, 3.8) is 0 Å². The number of carbonyl (C=O) groups excluding carboxylic acids is 4. The van der Waals surface area contributed by atoms with Gasteiger partial charge in [0.1, 0.15) is 19.3 Å². The molecule has 0 bridgehead atoms. The van der Waals surface area contributed by atoms with Crippen LogP contribution in [0.25, 0.3) is 0 Å². The molecule has 0 aliphatic carbocycles. The molecule has 0 aromatic rings. The molecule has 0 amide bonds. The molecule has 0 aromatic heterocycles. The van der Waals surface area contributed by atoms with E-state index in [1.807, 2.05) is 0 Å². The summed E-state index contributed by atoms with van der Waals surface area (Å²) in [6.07, 6.45) is 44.6. The second-order valence-corrected chi connectivity index (χ2v) is 26.1. The Hall–Kier alpha value is -1.94. The van der Waals surface area contributed by atoms with Gasteiger partial charge in [0.25, 0.3) is 0 Å². The molecule has 0 spiro atoms. The van der Waals surface area contributed by atoms with Crippen molar-refractivity contribution in [2.75, 3.05) is 39.6 Å². The standard InChI is InChI=1S/C64H124O17P2/c1-5-9-13-17-21-25-26-27-28-29-30-31-32-33-35-39-43-47-51-64(69)81-60(55-75-62(67)49-45-41-38-34-22-18-14-10-6-2)57-79-83(72,73)77-53-58(65)52-76-82(70,71)78-56-59(80-63(68)50-46-42-37-24-20-16-12-8-4)54-74-61(66)48-44-40-36-23-19-15-11-7-3/h58-60,65H,5-57H2,1-4H3,(H,70,71)(H,72,73)/t58-,59+,60+/m0/s1. The third-order valence-electron chi connectivity index (χ3n) is 14.9. The van der Waals surface area contributed by atoms with Crippen LogP contribution in [-0.2, 0) is 65.4 Å². The van der Waals surface area contributed by atoms with E-state index in [4.69, 9.17) is 37.0 Å². The van der Waals surface area contributed by atoms with Gasteiger partial charge in [-0.25, -0.2) is 9.13 Å². The highest BCUT2D eigenvalue weighted by Crippen LogP contribution is 2.45. The Kier molecular flexibility index (Phi) is 57.7. The van der Waals surface area contributed by atoms with E-state index in [1.165, 1.54) is 148 Å². The third-order valence-corrected chi connectivity index (χ3v) is 16.8. The van der Waals surface area contributed by atoms with Crippen LogP contribution in [0.3, 0.4) is 0 Å². The van der Waals surface area contributed by atoms with Crippen LogP contribution in [0.2, 0.25) is 0 Å². The first-order valence-corrected chi connectivity index (χ1v) is 36.8. The summed E-state index contributed by atoms with van der Waals surface area (Å²) in [6.45, 7) is 4.83. The molecular formula is C64H124O17P2. The first kappa shape index (κ1) is 81.1. The molecule has 492 valence electrons. The molecule has 0 saturated carbocycles. The molecule has 0 heterocycles. The van der Waals surface area contributed by atoms with Crippen molar-refractivity contribution in [1.82, 2.24) is 0 Å². The molecule has 0 aliphatic rings. The number of phosphoric ester groups is 2. The van der Waals surface area contributed by atoms with Gasteiger partial charge in [0.15, 0.2) is 12.2 Å². The number of phosphoric acid groups is 2. The lowest BCUT2D eigenvalue weighted by atomic mass is 10.0. The van der Waals surface area contributed by atoms with Crippen LogP contribution >= 0.6 is 15.6 Å². The molecule has 0 radical (unpaired) electrons. The van der Waals surface area contributed by atoms with Crippen LogP contribution in [0.1, 0.15) is 329 Å². The molecule has 0 saturated heterocycles. The van der Waals surface area contributed by atoms with Crippen LogP contribution < -0.4 is 0 Å². The van der Waals surface area contributed by atoms with Crippen molar-refractivity contribution >= 4 is 39.5 Å². The molecule has 3 N–H and O–H groups in total. The van der Waals surface area contributed by atoms with E-state index in [-0.39, 0.29) is 25.7 Å². The molecule has 17 nitrogen and oxygen atoms in total. The van der Waals surface area contributed by atoms with Gasteiger partial charge in [-0.2, -0.15) is 0 Å². The Labute approximate surface area is 505 Å². The van der Waals surface area contributed by atoms with E-state index in [0.717, 1.165) is 103 Å². The Balaban J connectivity index is 5.13.